The maximum atomic E-state index is 11.9. The number of aliphatic hydroxyl groups is 1. The predicted molar refractivity (Wildman–Crippen MR) is 66.9 cm³/mol. The van der Waals surface area contributed by atoms with E-state index in [-0.39, 0.29) is 21.4 Å². The highest BCUT2D eigenvalue weighted by molar-refractivity contribution is 6.35. The first-order valence-corrected chi connectivity index (χ1v) is 6.03. The van der Waals surface area contributed by atoms with E-state index in [0.29, 0.717) is 0 Å². The van der Waals surface area contributed by atoms with E-state index in [1.54, 1.807) is 5.32 Å². The molecule has 0 radical (unpaired) electrons. The molecule has 9 heteroatoms. The maximum absolute atomic E-state index is 11.9. The lowest BCUT2D eigenvalue weighted by molar-refractivity contribution is -0.139. The third-order valence-electron chi connectivity index (χ3n) is 2.09. The SMILES string of the molecule is O=C(COc1c(Cl)cc(Cl)cc1CO)NCC(F)(F)F. The van der Waals surface area contributed by atoms with Crippen LogP contribution in [-0.2, 0) is 11.4 Å². The topological polar surface area (TPSA) is 58.6 Å². The molecular formula is C11H10Cl2F3NO3. The zero-order valence-electron chi connectivity index (χ0n) is 9.93. The summed E-state index contributed by atoms with van der Waals surface area (Å²) < 4.78 is 40.7. The highest BCUT2D eigenvalue weighted by Gasteiger charge is 2.27. The van der Waals surface area contributed by atoms with E-state index in [2.05, 4.69) is 0 Å². The normalized spacial score (nSPS) is 11.3. The van der Waals surface area contributed by atoms with Crippen molar-refractivity contribution in [3.05, 3.63) is 27.7 Å². The fourth-order valence-electron chi connectivity index (χ4n) is 1.28. The van der Waals surface area contributed by atoms with Crippen LogP contribution in [-0.4, -0.2) is 30.3 Å². The van der Waals surface area contributed by atoms with Gasteiger partial charge in [0.05, 0.1) is 11.6 Å². The predicted octanol–water partition coefficient (Wildman–Crippen LogP) is 2.54. The van der Waals surface area contributed by atoms with Crippen molar-refractivity contribution in [3.63, 3.8) is 0 Å². The number of amides is 1. The summed E-state index contributed by atoms with van der Waals surface area (Å²) in [5.41, 5.74) is 0.228. The van der Waals surface area contributed by atoms with Gasteiger partial charge in [0.25, 0.3) is 5.91 Å². The number of ether oxygens (including phenoxy) is 1. The molecule has 1 aromatic rings. The quantitative estimate of drug-likeness (QED) is 0.871. The fraction of sp³-hybridized carbons (Fsp3) is 0.364. The number of nitrogens with one attached hydrogen (secondary N) is 1. The van der Waals surface area contributed by atoms with Crippen LogP contribution >= 0.6 is 23.2 Å². The van der Waals surface area contributed by atoms with Crippen molar-refractivity contribution >= 4 is 29.1 Å². The minimum Gasteiger partial charge on any atom is -0.482 e. The maximum Gasteiger partial charge on any atom is 0.405 e. The zero-order chi connectivity index (χ0) is 15.3. The van der Waals surface area contributed by atoms with Crippen molar-refractivity contribution in [2.75, 3.05) is 13.2 Å². The summed E-state index contributed by atoms with van der Waals surface area (Å²) in [5, 5.41) is 11.0. The van der Waals surface area contributed by atoms with Crippen LogP contribution in [0.2, 0.25) is 10.0 Å². The Morgan fingerprint density at radius 2 is 2.00 bits per heavy atom. The minimum atomic E-state index is -4.50. The number of rotatable bonds is 5. The smallest absolute Gasteiger partial charge is 0.405 e. The second kappa shape index (κ2) is 7.01. The monoisotopic (exact) mass is 331 g/mol. The molecule has 0 bridgehead atoms. The molecule has 0 aliphatic heterocycles. The number of carbonyl (C=O) groups excluding carboxylic acids is 1. The zero-order valence-corrected chi connectivity index (χ0v) is 11.4. The van der Waals surface area contributed by atoms with Crippen LogP contribution in [0, 0.1) is 0 Å². The third-order valence-corrected chi connectivity index (χ3v) is 2.59. The summed E-state index contributed by atoms with van der Waals surface area (Å²) >= 11 is 11.5. The van der Waals surface area contributed by atoms with Crippen LogP contribution in [0.25, 0.3) is 0 Å². The summed E-state index contributed by atoms with van der Waals surface area (Å²) in [4.78, 5) is 11.2. The number of benzene rings is 1. The number of hydrogen-bond donors (Lipinski definition) is 2. The molecule has 0 saturated heterocycles. The third kappa shape index (κ3) is 5.44. The number of alkyl halides is 3. The van der Waals surface area contributed by atoms with Gasteiger partial charge < -0.3 is 15.2 Å². The molecule has 0 spiro atoms. The standard InChI is InChI=1S/C11H10Cl2F3NO3/c12-7-1-6(3-18)10(8(13)2-7)20-4-9(19)17-5-11(14,15)16/h1-2,18H,3-5H2,(H,17,19). The molecule has 0 unspecified atom stereocenters. The van der Waals surface area contributed by atoms with Gasteiger partial charge in [0.15, 0.2) is 6.61 Å². The highest BCUT2D eigenvalue weighted by Crippen LogP contribution is 2.32. The van der Waals surface area contributed by atoms with Crippen molar-refractivity contribution in [1.82, 2.24) is 5.32 Å². The Morgan fingerprint density at radius 1 is 1.35 bits per heavy atom. The van der Waals surface area contributed by atoms with E-state index in [4.69, 9.17) is 33.0 Å². The Morgan fingerprint density at radius 3 is 2.55 bits per heavy atom. The molecule has 0 aromatic heterocycles. The van der Waals surface area contributed by atoms with Crippen LogP contribution < -0.4 is 10.1 Å². The summed E-state index contributed by atoms with van der Waals surface area (Å²) in [6.45, 7) is -2.55. The molecule has 0 saturated carbocycles. The summed E-state index contributed by atoms with van der Waals surface area (Å²) in [7, 11) is 0. The van der Waals surface area contributed by atoms with E-state index in [0.717, 1.165) is 0 Å². The number of hydrogen-bond acceptors (Lipinski definition) is 3. The van der Waals surface area contributed by atoms with Crippen LogP contribution in [0.1, 0.15) is 5.56 Å². The second-order valence-corrected chi connectivity index (χ2v) is 4.56. The molecule has 4 nitrogen and oxygen atoms in total. The second-order valence-electron chi connectivity index (χ2n) is 3.71. The molecule has 1 amide bonds. The highest BCUT2D eigenvalue weighted by atomic mass is 35.5. The van der Waals surface area contributed by atoms with E-state index >= 15 is 0 Å². The number of halogens is 5. The summed E-state index contributed by atoms with van der Waals surface area (Å²) in [6.07, 6.45) is -4.50. The van der Waals surface area contributed by atoms with Crippen molar-refractivity contribution in [3.8, 4) is 5.75 Å². The van der Waals surface area contributed by atoms with Crippen LogP contribution in [0.15, 0.2) is 12.1 Å². The van der Waals surface area contributed by atoms with E-state index in [1.165, 1.54) is 12.1 Å². The minimum absolute atomic E-state index is 0.000672. The molecule has 0 aliphatic rings. The lowest BCUT2D eigenvalue weighted by Gasteiger charge is -2.13. The Bertz CT molecular complexity index is 495. The van der Waals surface area contributed by atoms with Gasteiger partial charge in [0.2, 0.25) is 0 Å². The average molecular weight is 332 g/mol. The Balaban J connectivity index is 2.64. The molecule has 0 atom stereocenters. The molecule has 112 valence electrons. The molecular weight excluding hydrogens is 322 g/mol. The van der Waals surface area contributed by atoms with Gasteiger partial charge in [-0.05, 0) is 12.1 Å². The largest absolute Gasteiger partial charge is 0.482 e. The van der Waals surface area contributed by atoms with Gasteiger partial charge >= 0.3 is 6.18 Å². The molecule has 0 aliphatic carbocycles. The summed E-state index contributed by atoms with van der Waals surface area (Å²) in [6, 6.07) is 2.70. The van der Waals surface area contributed by atoms with E-state index in [1.807, 2.05) is 0 Å². The number of carbonyl (C=O) groups is 1. The van der Waals surface area contributed by atoms with Gasteiger partial charge in [-0.15, -0.1) is 0 Å². The molecule has 2 N–H and O–H groups in total. The first-order valence-electron chi connectivity index (χ1n) is 5.28. The lowest BCUT2D eigenvalue weighted by atomic mass is 10.2. The Hall–Kier alpha value is -1.18. The van der Waals surface area contributed by atoms with E-state index < -0.39 is 31.8 Å². The molecule has 20 heavy (non-hydrogen) atoms. The first-order chi connectivity index (χ1) is 9.23. The van der Waals surface area contributed by atoms with Gasteiger partial charge in [-0.25, -0.2) is 0 Å². The van der Waals surface area contributed by atoms with Gasteiger partial charge in [-0.2, -0.15) is 13.2 Å². The average Bonchev–Trinajstić information content (AvgIpc) is 2.33. The fourth-order valence-corrected chi connectivity index (χ4v) is 1.87. The van der Waals surface area contributed by atoms with E-state index in [9.17, 15) is 18.0 Å². The van der Waals surface area contributed by atoms with Crippen molar-refractivity contribution in [2.45, 2.75) is 12.8 Å². The summed E-state index contributed by atoms with van der Waals surface area (Å²) in [5.74, 6) is -0.960. The van der Waals surface area contributed by atoms with Crippen molar-refractivity contribution in [2.24, 2.45) is 0 Å². The van der Waals surface area contributed by atoms with Crippen LogP contribution in [0.3, 0.4) is 0 Å². The number of aliphatic hydroxyl groups excluding tert-OH is 1. The van der Waals surface area contributed by atoms with Crippen molar-refractivity contribution < 1.29 is 27.8 Å². The van der Waals surface area contributed by atoms with Gasteiger partial charge in [-0.3, -0.25) is 4.79 Å². The van der Waals surface area contributed by atoms with Crippen LogP contribution in [0.5, 0.6) is 5.75 Å². The lowest BCUT2D eigenvalue weighted by Crippen LogP contribution is -2.36. The molecule has 0 heterocycles. The van der Waals surface area contributed by atoms with Gasteiger partial charge in [0, 0.05) is 10.6 Å². The molecule has 0 fully saturated rings. The van der Waals surface area contributed by atoms with Crippen LogP contribution in [0.4, 0.5) is 13.2 Å². The van der Waals surface area contributed by atoms with Gasteiger partial charge in [-0.1, -0.05) is 23.2 Å². The molecule has 1 aromatic carbocycles. The Labute approximate surface area is 122 Å². The first kappa shape index (κ1) is 16.9. The molecule has 1 rings (SSSR count). The van der Waals surface area contributed by atoms with Crippen molar-refractivity contribution in [1.29, 1.82) is 0 Å². The Kier molecular flexibility index (Phi) is 5.91. The van der Waals surface area contributed by atoms with Gasteiger partial charge in [0.1, 0.15) is 12.3 Å².